The van der Waals surface area contributed by atoms with Crippen LogP contribution in [0.25, 0.3) is 0 Å². The van der Waals surface area contributed by atoms with E-state index in [0.717, 1.165) is 0 Å². The quantitative estimate of drug-likeness (QED) is 0.281. The average molecular weight is 175 g/mol. The zero-order valence-corrected chi connectivity index (χ0v) is 7.79. The van der Waals surface area contributed by atoms with Crippen molar-refractivity contribution in [2.45, 2.75) is 19.4 Å². The molecule has 0 rings (SSSR count). The van der Waals surface area contributed by atoms with Crippen LogP contribution < -0.4 is 11.3 Å². The normalized spacial score (nSPS) is 11.8. The lowest BCUT2D eigenvalue weighted by Gasteiger charge is -2.24. The number of amides is 1. The number of carbonyl (C=O) groups is 1. The first-order valence-corrected chi connectivity index (χ1v) is 3.75. The SMILES string of the molecule is CN(CC(=O)NN)CC(C)(C)O. The van der Waals surface area contributed by atoms with Gasteiger partial charge in [0.05, 0.1) is 12.1 Å². The minimum absolute atomic E-state index is 0.195. The predicted molar refractivity (Wildman–Crippen MR) is 46.1 cm³/mol. The van der Waals surface area contributed by atoms with E-state index in [-0.39, 0.29) is 12.5 Å². The Labute approximate surface area is 72.5 Å². The summed E-state index contributed by atoms with van der Waals surface area (Å²) in [6.45, 7) is 3.99. The lowest BCUT2D eigenvalue weighted by molar-refractivity contribution is -0.122. The Morgan fingerprint density at radius 1 is 1.67 bits per heavy atom. The Morgan fingerprint density at radius 2 is 2.17 bits per heavy atom. The maximum absolute atomic E-state index is 10.7. The van der Waals surface area contributed by atoms with Gasteiger partial charge in [-0.3, -0.25) is 15.1 Å². The Morgan fingerprint density at radius 3 is 2.50 bits per heavy atom. The van der Waals surface area contributed by atoms with Gasteiger partial charge in [-0.05, 0) is 20.9 Å². The van der Waals surface area contributed by atoms with Crippen LogP contribution in [-0.2, 0) is 4.79 Å². The Kier molecular flexibility index (Phi) is 4.16. The summed E-state index contributed by atoms with van der Waals surface area (Å²) in [5, 5.41) is 9.37. The maximum Gasteiger partial charge on any atom is 0.248 e. The average Bonchev–Trinajstić information content (AvgIpc) is 1.82. The van der Waals surface area contributed by atoms with Gasteiger partial charge in [-0.1, -0.05) is 0 Å². The highest BCUT2D eigenvalue weighted by atomic mass is 16.3. The monoisotopic (exact) mass is 175 g/mol. The molecule has 0 aliphatic carbocycles. The number of nitrogens with one attached hydrogen (secondary N) is 1. The van der Waals surface area contributed by atoms with Gasteiger partial charge in [0.25, 0.3) is 0 Å². The molecule has 0 heterocycles. The zero-order chi connectivity index (χ0) is 9.78. The number of hydrazine groups is 1. The van der Waals surface area contributed by atoms with Crippen LogP contribution in [0, 0.1) is 0 Å². The second kappa shape index (κ2) is 4.39. The molecule has 0 aromatic rings. The van der Waals surface area contributed by atoms with E-state index in [1.54, 1.807) is 25.8 Å². The van der Waals surface area contributed by atoms with Crippen LogP contribution >= 0.6 is 0 Å². The predicted octanol–water partition coefficient (Wildman–Crippen LogP) is -1.32. The van der Waals surface area contributed by atoms with Gasteiger partial charge in [-0.25, -0.2) is 5.84 Å². The van der Waals surface area contributed by atoms with Crippen LogP contribution in [0.5, 0.6) is 0 Å². The van der Waals surface area contributed by atoms with E-state index in [4.69, 9.17) is 5.84 Å². The van der Waals surface area contributed by atoms with Gasteiger partial charge in [0.15, 0.2) is 0 Å². The van der Waals surface area contributed by atoms with Crippen LogP contribution in [0.4, 0.5) is 0 Å². The molecule has 0 aliphatic heterocycles. The van der Waals surface area contributed by atoms with Crippen LogP contribution in [0.3, 0.4) is 0 Å². The van der Waals surface area contributed by atoms with Gasteiger partial charge in [-0.2, -0.15) is 0 Å². The highest BCUT2D eigenvalue weighted by Crippen LogP contribution is 2.01. The summed E-state index contributed by atoms with van der Waals surface area (Å²) in [6, 6.07) is 0. The molecule has 0 spiro atoms. The molecular weight excluding hydrogens is 158 g/mol. The van der Waals surface area contributed by atoms with Crippen molar-refractivity contribution in [2.24, 2.45) is 5.84 Å². The topological polar surface area (TPSA) is 78.6 Å². The number of aliphatic hydroxyl groups is 1. The largest absolute Gasteiger partial charge is 0.389 e. The highest BCUT2D eigenvalue weighted by molar-refractivity contribution is 5.77. The van der Waals surface area contributed by atoms with Crippen molar-refractivity contribution in [3.63, 3.8) is 0 Å². The molecule has 0 bridgehead atoms. The standard InChI is InChI=1S/C7H17N3O2/c1-7(2,12)5-10(3)4-6(11)9-8/h12H,4-5,8H2,1-3H3,(H,9,11). The lowest BCUT2D eigenvalue weighted by Crippen LogP contribution is -2.43. The summed E-state index contributed by atoms with van der Waals surface area (Å²) in [5.74, 6) is 4.63. The van der Waals surface area contributed by atoms with Gasteiger partial charge in [0.1, 0.15) is 0 Å². The smallest absolute Gasteiger partial charge is 0.248 e. The van der Waals surface area contributed by atoms with E-state index in [2.05, 4.69) is 0 Å². The van der Waals surface area contributed by atoms with Crippen molar-refractivity contribution in [2.75, 3.05) is 20.1 Å². The van der Waals surface area contributed by atoms with Gasteiger partial charge < -0.3 is 5.11 Å². The number of hydrogen-bond donors (Lipinski definition) is 3. The fourth-order valence-corrected chi connectivity index (χ4v) is 1.01. The first-order chi connectivity index (χ1) is 5.35. The number of rotatable bonds is 4. The Hall–Kier alpha value is -0.650. The van der Waals surface area contributed by atoms with E-state index >= 15 is 0 Å². The molecule has 0 aliphatic rings. The summed E-state index contributed by atoms with van der Waals surface area (Å²) in [5.41, 5.74) is 1.23. The van der Waals surface area contributed by atoms with E-state index < -0.39 is 5.60 Å². The molecule has 5 nitrogen and oxygen atoms in total. The van der Waals surface area contributed by atoms with Crippen molar-refractivity contribution in [1.82, 2.24) is 10.3 Å². The maximum atomic E-state index is 10.7. The van der Waals surface area contributed by atoms with Gasteiger partial charge in [0.2, 0.25) is 5.91 Å². The van der Waals surface area contributed by atoms with Crippen molar-refractivity contribution in [3.05, 3.63) is 0 Å². The minimum atomic E-state index is -0.788. The molecule has 0 saturated carbocycles. The molecule has 5 heteroatoms. The van der Waals surface area contributed by atoms with Crippen LogP contribution in [0.15, 0.2) is 0 Å². The van der Waals surface area contributed by atoms with Crippen molar-refractivity contribution >= 4 is 5.91 Å². The Balaban J connectivity index is 3.74. The lowest BCUT2D eigenvalue weighted by atomic mass is 10.1. The van der Waals surface area contributed by atoms with Gasteiger partial charge in [-0.15, -0.1) is 0 Å². The first-order valence-electron chi connectivity index (χ1n) is 3.75. The molecule has 0 fully saturated rings. The van der Waals surface area contributed by atoms with Gasteiger partial charge in [0, 0.05) is 6.54 Å². The molecule has 0 atom stereocenters. The number of hydrogen-bond acceptors (Lipinski definition) is 4. The molecular formula is C7H17N3O2. The van der Waals surface area contributed by atoms with Crippen LogP contribution in [-0.4, -0.2) is 41.7 Å². The highest BCUT2D eigenvalue weighted by Gasteiger charge is 2.16. The number of likely N-dealkylation sites (N-methyl/N-ethyl adjacent to an activating group) is 1. The number of nitrogens with zero attached hydrogens (tertiary/aromatic N) is 1. The second-order valence-corrected chi connectivity index (χ2v) is 3.55. The summed E-state index contributed by atoms with van der Waals surface area (Å²) in [6.07, 6.45) is 0. The van der Waals surface area contributed by atoms with E-state index in [0.29, 0.717) is 6.54 Å². The molecule has 0 radical (unpaired) electrons. The van der Waals surface area contributed by atoms with E-state index in [1.807, 2.05) is 5.43 Å². The number of carbonyl (C=O) groups excluding carboxylic acids is 1. The third kappa shape index (κ3) is 6.09. The molecule has 1 amide bonds. The van der Waals surface area contributed by atoms with Crippen molar-refractivity contribution in [3.8, 4) is 0 Å². The van der Waals surface area contributed by atoms with Crippen molar-refractivity contribution < 1.29 is 9.90 Å². The molecule has 0 saturated heterocycles. The molecule has 12 heavy (non-hydrogen) atoms. The van der Waals surface area contributed by atoms with Crippen LogP contribution in [0.2, 0.25) is 0 Å². The Bertz CT molecular complexity index is 153. The summed E-state index contributed by atoms with van der Waals surface area (Å²) >= 11 is 0. The minimum Gasteiger partial charge on any atom is -0.389 e. The molecule has 72 valence electrons. The molecule has 0 aromatic carbocycles. The van der Waals surface area contributed by atoms with E-state index in [1.165, 1.54) is 0 Å². The zero-order valence-electron chi connectivity index (χ0n) is 7.79. The number of nitrogens with two attached hydrogens (primary N) is 1. The van der Waals surface area contributed by atoms with Crippen LogP contribution in [0.1, 0.15) is 13.8 Å². The molecule has 0 unspecified atom stereocenters. The summed E-state index contributed by atoms with van der Waals surface area (Å²) in [4.78, 5) is 12.4. The third-order valence-electron chi connectivity index (χ3n) is 1.23. The second-order valence-electron chi connectivity index (χ2n) is 3.55. The summed E-state index contributed by atoms with van der Waals surface area (Å²) < 4.78 is 0. The summed E-state index contributed by atoms with van der Waals surface area (Å²) in [7, 11) is 1.74. The van der Waals surface area contributed by atoms with Crippen molar-refractivity contribution in [1.29, 1.82) is 0 Å². The molecule has 4 N–H and O–H groups in total. The third-order valence-corrected chi connectivity index (χ3v) is 1.23. The fraction of sp³-hybridized carbons (Fsp3) is 0.857. The first kappa shape index (κ1) is 11.4. The van der Waals surface area contributed by atoms with E-state index in [9.17, 15) is 9.90 Å². The van der Waals surface area contributed by atoms with Gasteiger partial charge >= 0.3 is 0 Å². The fourth-order valence-electron chi connectivity index (χ4n) is 1.01. The molecule has 0 aromatic heterocycles.